The lowest BCUT2D eigenvalue weighted by molar-refractivity contribution is -0.118. The average Bonchev–Trinajstić information content (AvgIpc) is 3.12. The van der Waals surface area contributed by atoms with Crippen LogP contribution in [-0.4, -0.2) is 17.5 Å². The lowest BCUT2D eigenvalue weighted by Crippen LogP contribution is -2.20. The fraction of sp³-hybridized carbons (Fsp3) is 0.167. The van der Waals surface area contributed by atoms with Gasteiger partial charge in [-0.3, -0.25) is 4.79 Å². The summed E-state index contributed by atoms with van der Waals surface area (Å²) in [5.41, 5.74) is 6.29. The van der Waals surface area contributed by atoms with Crippen LogP contribution in [0.4, 0.5) is 5.69 Å². The number of benzene rings is 3. The number of amides is 1. The Morgan fingerprint density at radius 2 is 1.73 bits per heavy atom. The minimum absolute atomic E-state index is 0.104. The molecule has 0 bridgehead atoms. The fourth-order valence-corrected chi connectivity index (χ4v) is 3.19. The standard InChI is InChI=1S/C24H21ClN2O3/c1-14-4-5-17(24-27-21-10-15(2)16(3)11-22(21)30-24)12-20(14)26-23(28)13-29-19-8-6-18(25)7-9-19/h4-12H,13H2,1-3H3,(H,26,28). The van der Waals surface area contributed by atoms with Gasteiger partial charge in [-0.25, -0.2) is 4.98 Å². The molecule has 0 saturated carbocycles. The third-order valence-electron chi connectivity index (χ3n) is 4.95. The van der Waals surface area contributed by atoms with Crippen LogP contribution in [0.25, 0.3) is 22.6 Å². The highest BCUT2D eigenvalue weighted by molar-refractivity contribution is 6.30. The van der Waals surface area contributed by atoms with Crippen LogP contribution in [0.2, 0.25) is 5.02 Å². The number of rotatable bonds is 5. The number of hydrogen-bond donors (Lipinski definition) is 1. The lowest BCUT2D eigenvalue weighted by atomic mass is 10.1. The van der Waals surface area contributed by atoms with Gasteiger partial charge in [0.05, 0.1) is 0 Å². The molecule has 30 heavy (non-hydrogen) atoms. The molecule has 0 saturated heterocycles. The summed E-state index contributed by atoms with van der Waals surface area (Å²) in [7, 11) is 0. The number of anilines is 1. The quantitative estimate of drug-likeness (QED) is 0.424. The molecule has 0 radical (unpaired) electrons. The predicted molar refractivity (Wildman–Crippen MR) is 119 cm³/mol. The maximum Gasteiger partial charge on any atom is 0.262 e. The molecule has 3 aromatic carbocycles. The number of oxazole rings is 1. The zero-order valence-electron chi connectivity index (χ0n) is 17.0. The number of hydrogen-bond acceptors (Lipinski definition) is 4. The van der Waals surface area contributed by atoms with Crippen molar-refractivity contribution in [2.45, 2.75) is 20.8 Å². The first-order valence-electron chi connectivity index (χ1n) is 9.56. The number of aromatic nitrogens is 1. The molecule has 0 aliphatic heterocycles. The highest BCUT2D eigenvalue weighted by Gasteiger charge is 2.13. The maximum absolute atomic E-state index is 12.4. The minimum Gasteiger partial charge on any atom is -0.484 e. The molecule has 0 aliphatic rings. The first kappa shape index (κ1) is 20.0. The molecule has 4 aromatic rings. The molecule has 0 atom stereocenters. The number of fused-ring (bicyclic) bond motifs is 1. The van der Waals surface area contributed by atoms with Crippen molar-refractivity contribution in [2.24, 2.45) is 0 Å². The monoisotopic (exact) mass is 420 g/mol. The molecule has 1 N–H and O–H groups in total. The molecule has 1 aromatic heterocycles. The summed E-state index contributed by atoms with van der Waals surface area (Å²) in [4.78, 5) is 17.0. The van der Waals surface area contributed by atoms with Gasteiger partial charge in [-0.1, -0.05) is 17.7 Å². The second-order valence-electron chi connectivity index (χ2n) is 7.24. The molecule has 4 rings (SSSR count). The van der Waals surface area contributed by atoms with E-state index in [1.54, 1.807) is 24.3 Å². The molecular formula is C24H21ClN2O3. The summed E-state index contributed by atoms with van der Waals surface area (Å²) >= 11 is 5.86. The Morgan fingerprint density at radius 1 is 1.00 bits per heavy atom. The van der Waals surface area contributed by atoms with Crippen LogP contribution in [0.1, 0.15) is 16.7 Å². The van der Waals surface area contributed by atoms with Crippen molar-refractivity contribution in [1.29, 1.82) is 0 Å². The lowest BCUT2D eigenvalue weighted by Gasteiger charge is -2.10. The summed E-state index contributed by atoms with van der Waals surface area (Å²) in [6.45, 7) is 5.92. The van der Waals surface area contributed by atoms with Crippen LogP contribution >= 0.6 is 11.6 Å². The highest BCUT2D eigenvalue weighted by Crippen LogP contribution is 2.29. The van der Waals surface area contributed by atoms with Crippen LogP contribution in [0, 0.1) is 20.8 Å². The molecule has 1 amide bonds. The molecule has 152 valence electrons. The minimum atomic E-state index is -0.256. The molecular weight excluding hydrogens is 400 g/mol. The number of halogens is 1. The van der Waals surface area contributed by atoms with E-state index in [1.807, 2.05) is 44.2 Å². The van der Waals surface area contributed by atoms with E-state index in [0.29, 0.717) is 22.4 Å². The van der Waals surface area contributed by atoms with Crippen LogP contribution in [0.15, 0.2) is 59.0 Å². The van der Waals surface area contributed by atoms with Gasteiger partial charge in [0, 0.05) is 16.3 Å². The molecule has 0 spiro atoms. The van der Waals surface area contributed by atoms with Gasteiger partial charge in [0.15, 0.2) is 12.2 Å². The average molecular weight is 421 g/mol. The molecule has 5 nitrogen and oxygen atoms in total. The van der Waals surface area contributed by atoms with Crippen LogP contribution in [0.3, 0.4) is 0 Å². The smallest absolute Gasteiger partial charge is 0.262 e. The zero-order valence-corrected chi connectivity index (χ0v) is 17.7. The first-order valence-corrected chi connectivity index (χ1v) is 9.94. The molecule has 6 heteroatoms. The van der Waals surface area contributed by atoms with Gasteiger partial charge in [-0.2, -0.15) is 0 Å². The van der Waals surface area contributed by atoms with Crippen molar-refractivity contribution in [3.63, 3.8) is 0 Å². The van der Waals surface area contributed by atoms with E-state index in [9.17, 15) is 4.79 Å². The Hall–Kier alpha value is -3.31. The predicted octanol–water partition coefficient (Wildman–Crippen LogP) is 6.09. The Balaban J connectivity index is 1.51. The SMILES string of the molecule is Cc1cc2nc(-c3ccc(C)c(NC(=O)COc4ccc(Cl)cc4)c3)oc2cc1C. The van der Waals surface area contributed by atoms with Crippen molar-refractivity contribution in [3.8, 4) is 17.2 Å². The van der Waals surface area contributed by atoms with Crippen molar-refractivity contribution < 1.29 is 13.9 Å². The normalized spacial score (nSPS) is 10.9. The summed E-state index contributed by atoms with van der Waals surface area (Å²) in [5.74, 6) is 0.842. The van der Waals surface area contributed by atoms with Gasteiger partial charge in [-0.05, 0) is 86.0 Å². The van der Waals surface area contributed by atoms with E-state index < -0.39 is 0 Å². The summed E-state index contributed by atoms with van der Waals surface area (Å²) < 4.78 is 11.5. The second kappa shape index (κ2) is 8.20. The zero-order chi connectivity index (χ0) is 21.3. The Morgan fingerprint density at radius 3 is 2.50 bits per heavy atom. The number of nitrogens with zero attached hydrogens (tertiary/aromatic N) is 1. The van der Waals surface area contributed by atoms with Crippen molar-refractivity contribution in [3.05, 3.63) is 76.3 Å². The second-order valence-corrected chi connectivity index (χ2v) is 7.68. The Bertz CT molecular complexity index is 1190. The van der Waals surface area contributed by atoms with Crippen molar-refractivity contribution >= 4 is 34.3 Å². The van der Waals surface area contributed by atoms with Crippen LogP contribution < -0.4 is 10.1 Å². The van der Waals surface area contributed by atoms with E-state index in [-0.39, 0.29) is 12.5 Å². The highest BCUT2D eigenvalue weighted by atomic mass is 35.5. The van der Waals surface area contributed by atoms with Gasteiger partial charge >= 0.3 is 0 Å². The van der Waals surface area contributed by atoms with Gasteiger partial charge in [0.1, 0.15) is 11.3 Å². The van der Waals surface area contributed by atoms with Gasteiger partial charge in [0.2, 0.25) is 5.89 Å². The summed E-state index contributed by atoms with van der Waals surface area (Å²) in [6, 6.07) is 16.6. The van der Waals surface area contributed by atoms with Gasteiger partial charge in [0.25, 0.3) is 5.91 Å². The first-order chi connectivity index (χ1) is 14.4. The fourth-order valence-electron chi connectivity index (χ4n) is 3.06. The van der Waals surface area contributed by atoms with Crippen LogP contribution in [0.5, 0.6) is 5.75 Å². The number of aryl methyl sites for hydroxylation is 3. The van der Waals surface area contributed by atoms with Crippen LogP contribution in [-0.2, 0) is 4.79 Å². The van der Waals surface area contributed by atoms with Crippen molar-refractivity contribution in [1.82, 2.24) is 4.98 Å². The van der Waals surface area contributed by atoms with E-state index >= 15 is 0 Å². The molecule has 0 unspecified atom stereocenters. The number of carbonyl (C=O) groups excluding carboxylic acids is 1. The van der Waals surface area contributed by atoms with Gasteiger partial charge < -0.3 is 14.5 Å². The molecule has 1 heterocycles. The van der Waals surface area contributed by atoms with E-state index in [1.165, 1.54) is 5.56 Å². The number of carbonyl (C=O) groups is 1. The Kier molecular flexibility index (Phi) is 5.46. The maximum atomic E-state index is 12.4. The van der Waals surface area contributed by atoms with E-state index in [2.05, 4.69) is 17.2 Å². The third-order valence-corrected chi connectivity index (χ3v) is 5.20. The van der Waals surface area contributed by atoms with Crippen molar-refractivity contribution in [2.75, 3.05) is 11.9 Å². The Labute approximate surface area is 179 Å². The summed E-state index contributed by atoms with van der Waals surface area (Å²) in [6.07, 6.45) is 0. The van der Waals surface area contributed by atoms with E-state index in [4.69, 9.17) is 20.8 Å². The molecule has 0 fully saturated rings. The third kappa shape index (κ3) is 4.31. The van der Waals surface area contributed by atoms with E-state index in [0.717, 1.165) is 27.8 Å². The topological polar surface area (TPSA) is 64.4 Å². The summed E-state index contributed by atoms with van der Waals surface area (Å²) in [5, 5.41) is 3.51. The number of nitrogens with one attached hydrogen (secondary N) is 1. The molecule has 0 aliphatic carbocycles. The number of ether oxygens (including phenoxy) is 1. The van der Waals surface area contributed by atoms with Gasteiger partial charge in [-0.15, -0.1) is 0 Å². The largest absolute Gasteiger partial charge is 0.484 e.